The molecule has 1 aliphatic rings. The fourth-order valence-electron chi connectivity index (χ4n) is 3.27. The maximum atomic E-state index is 5.86. The smallest absolute Gasteiger partial charge is 0.108 e. The molecule has 6 heteroatoms. The van der Waals surface area contributed by atoms with Crippen molar-refractivity contribution in [2.24, 2.45) is 11.6 Å². The second kappa shape index (κ2) is 12.1. The quantitative estimate of drug-likeness (QED) is 0.291. The van der Waals surface area contributed by atoms with Gasteiger partial charge >= 0.3 is 0 Å². The van der Waals surface area contributed by atoms with Crippen molar-refractivity contribution in [2.75, 3.05) is 0 Å². The van der Waals surface area contributed by atoms with Gasteiger partial charge in [0.15, 0.2) is 0 Å². The predicted octanol–water partition coefficient (Wildman–Crippen LogP) is 4.87. The van der Waals surface area contributed by atoms with Gasteiger partial charge in [0.1, 0.15) is 5.82 Å². The van der Waals surface area contributed by atoms with Crippen LogP contribution in [0.15, 0.2) is 35.3 Å². The van der Waals surface area contributed by atoms with Gasteiger partial charge in [-0.2, -0.15) is 0 Å². The summed E-state index contributed by atoms with van der Waals surface area (Å²) in [5.74, 6) is 7.01. The molecule has 2 heterocycles. The molecule has 1 aromatic rings. The number of unbranched alkanes of at least 4 members (excludes halogenated alkanes) is 8. The molecular weight excluding hydrogens is 342 g/mol. The van der Waals surface area contributed by atoms with Crippen molar-refractivity contribution >= 4 is 11.9 Å². The maximum absolute atomic E-state index is 5.86. The van der Waals surface area contributed by atoms with Crippen molar-refractivity contribution in [2.45, 2.75) is 84.1 Å². The molecular formula is C20H35N5S. The third kappa shape index (κ3) is 7.87. The largest absolute Gasteiger partial charge is 0.397 e. The Morgan fingerprint density at radius 1 is 1.00 bits per heavy atom. The Kier molecular flexibility index (Phi) is 9.71. The van der Waals surface area contributed by atoms with E-state index in [2.05, 4.69) is 22.7 Å². The Labute approximate surface area is 163 Å². The Bertz CT molecular complexity index is 579. The van der Waals surface area contributed by atoms with E-state index in [4.69, 9.17) is 11.6 Å². The van der Waals surface area contributed by atoms with E-state index in [9.17, 15) is 0 Å². The van der Waals surface area contributed by atoms with Gasteiger partial charge in [0, 0.05) is 30.3 Å². The lowest BCUT2D eigenvalue weighted by molar-refractivity contribution is 0.555. The van der Waals surface area contributed by atoms with Crippen LogP contribution in [-0.2, 0) is 13.0 Å². The summed E-state index contributed by atoms with van der Waals surface area (Å²) < 4.78 is 3.84. The van der Waals surface area contributed by atoms with Crippen LogP contribution in [0.4, 0.5) is 0 Å². The van der Waals surface area contributed by atoms with Crippen LogP contribution < -0.4 is 11.6 Å². The highest BCUT2D eigenvalue weighted by molar-refractivity contribution is 8.00. The highest BCUT2D eigenvalue weighted by Gasteiger charge is 2.10. The van der Waals surface area contributed by atoms with Gasteiger partial charge in [-0.15, -0.1) is 0 Å². The van der Waals surface area contributed by atoms with Crippen LogP contribution >= 0.6 is 11.9 Å². The third-order valence-corrected chi connectivity index (χ3v) is 5.60. The van der Waals surface area contributed by atoms with Gasteiger partial charge in [0.25, 0.3) is 0 Å². The summed E-state index contributed by atoms with van der Waals surface area (Å²) in [6, 6.07) is 0. The number of aromatic nitrogens is 2. The van der Waals surface area contributed by atoms with Crippen molar-refractivity contribution in [3.63, 3.8) is 0 Å². The van der Waals surface area contributed by atoms with E-state index in [0.717, 1.165) is 19.4 Å². The summed E-state index contributed by atoms with van der Waals surface area (Å²) in [4.78, 5) is 5.73. The lowest BCUT2D eigenvalue weighted by Crippen LogP contribution is -2.21. The van der Waals surface area contributed by atoms with E-state index in [1.807, 2.05) is 12.3 Å². The zero-order valence-corrected chi connectivity index (χ0v) is 17.0. The minimum Gasteiger partial charge on any atom is -0.397 e. The molecule has 0 fully saturated rings. The van der Waals surface area contributed by atoms with Gasteiger partial charge in [-0.3, -0.25) is 4.41 Å². The van der Waals surface area contributed by atoms with Crippen molar-refractivity contribution in [1.29, 1.82) is 0 Å². The predicted molar refractivity (Wildman–Crippen MR) is 112 cm³/mol. The van der Waals surface area contributed by atoms with Crippen molar-refractivity contribution < 1.29 is 0 Å². The second-order valence-electron chi connectivity index (χ2n) is 7.06. The molecule has 0 spiro atoms. The zero-order chi connectivity index (χ0) is 18.6. The highest BCUT2D eigenvalue weighted by atomic mass is 32.2. The molecule has 4 N–H and O–H groups in total. The fourth-order valence-corrected chi connectivity index (χ4v) is 4.09. The van der Waals surface area contributed by atoms with Crippen molar-refractivity contribution in [1.82, 2.24) is 14.0 Å². The van der Waals surface area contributed by atoms with Gasteiger partial charge in [-0.25, -0.2) is 10.8 Å². The molecule has 0 aliphatic carbocycles. The van der Waals surface area contributed by atoms with Crippen LogP contribution in [-0.4, -0.2) is 14.0 Å². The summed E-state index contributed by atoms with van der Waals surface area (Å²) in [5.41, 5.74) is 6.57. The van der Waals surface area contributed by atoms with E-state index < -0.39 is 0 Å². The number of aryl methyl sites for hydroxylation is 2. The molecule has 26 heavy (non-hydrogen) atoms. The first kappa shape index (κ1) is 20.9. The Hall–Kier alpha value is -1.40. The highest BCUT2D eigenvalue weighted by Crippen LogP contribution is 2.27. The number of allylic oxidation sites excluding steroid dienone is 2. The van der Waals surface area contributed by atoms with Crippen LogP contribution in [0.1, 0.15) is 77.0 Å². The molecule has 0 unspecified atom stereocenters. The van der Waals surface area contributed by atoms with Gasteiger partial charge in [-0.05, 0) is 30.9 Å². The SMILES string of the molecule is CCCCCCCCCCCc1nccn1CCC1=CC(N)=CN(N)S1. The number of hydrogen-bond donors (Lipinski definition) is 2. The van der Waals surface area contributed by atoms with Crippen molar-refractivity contribution in [3.05, 3.63) is 41.1 Å². The summed E-state index contributed by atoms with van der Waals surface area (Å²) in [7, 11) is 0. The molecule has 0 radical (unpaired) electrons. The zero-order valence-electron chi connectivity index (χ0n) is 16.2. The molecule has 0 aromatic carbocycles. The van der Waals surface area contributed by atoms with Gasteiger partial charge in [0.05, 0.1) is 11.9 Å². The third-order valence-electron chi connectivity index (χ3n) is 4.73. The Morgan fingerprint density at radius 2 is 1.69 bits per heavy atom. The molecule has 0 saturated heterocycles. The number of hydrogen-bond acceptors (Lipinski definition) is 5. The first-order valence-corrected chi connectivity index (χ1v) is 10.9. The number of nitrogens with zero attached hydrogens (tertiary/aromatic N) is 3. The molecule has 0 amide bonds. The first-order valence-electron chi connectivity index (χ1n) is 10.1. The molecule has 1 aromatic heterocycles. The number of rotatable bonds is 13. The van der Waals surface area contributed by atoms with Crippen LogP contribution in [0.5, 0.6) is 0 Å². The Morgan fingerprint density at radius 3 is 2.38 bits per heavy atom. The standard InChI is InChI=1S/C20H35N5S/c1-2-3-4-5-6-7-8-9-10-11-20-23-13-15-24(20)14-12-19-16-18(21)17-25(22)26-19/h13,15-17H,2-12,14,21-22H2,1H3. The van der Waals surface area contributed by atoms with E-state index in [0.29, 0.717) is 5.70 Å². The van der Waals surface area contributed by atoms with E-state index >= 15 is 0 Å². The fraction of sp³-hybridized carbons (Fsp3) is 0.650. The minimum absolute atomic E-state index is 0.710. The van der Waals surface area contributed by atoms with Gasteiger partial charge in [-0.1, -0.05) is 58.3 Å². The summed E-state index contributed by atoms with van der Waals surface area (Å²) in [5, 5.41) is 0. The molecule has 0 atom stereocenters. The van der Waals surface area contributed by atoms with Crippen LogP contribution in [0.2, 0.25) is 0 Å². The molecule has 2 rings (SSSR count). The number of hydrazine groups is 1. The number of imidazole rings is 1. The monoisotopic (exact) mass is 377 g/mol. The average Bonchev–Trinajstić information content (AvgIpc) is 3.05. The summed E-state index contributed by atoms with van der Waals surface area (Å²) >= 11 is 1.53. The van der Waals surface area contributed by atoms with E-state index in [-0.39, 0.29) is 0 Å². The Balaban J connectivity index is 1.62. The van der Waals surface area contributed by atoms with Crippen molar-refractivity contribution in [3.8, 4) is 0 Å². The molecule has 0 bridgehead atoms. The van der Waals surface area contributed by atoms with Gasteiger partial charge in [0.2, 0.25) is 0 Å². The molecule has 0 saturated carbocycles. The van der Waals surface area contributed by atoms with Crippen LogP contribution in [0.3, 0.4) is 0 Å². The van der Waals surface area contributed by atoms with E-state index in [1.54, 1.807) is 10.6 Å². The number of nitrogens with two attached hydrogens (primary N) is 2. The van der Waals surface area contributed by atoms with E-state index in [1.165, 1.54) is 80.5 Å². The average molecular weight is 378 g/mol. The summed E-state index contributed by atoms with van der Waals surface area (Å²) in [6.45, 7) is 3.20. The maximum Gasteiger partial charge on any atom is 0.108 e. The minimum atomic E-state index is 0.710. The molecule has 5 nitrogen and oxygen atoms in total. The van der Waals surface area contributed by atoms with Gasteiger partial charge < -0.3 is 10.3 Å². The second-order valence-corrected chi connectivity index (χ2v) is 8.18. The molecule has 1 aliphatic heterocycles. The lowest BCUT2D eigenvalue weighted by atomic mass is 10.1. The first-order chi connectivity index (χ1) is 12.7. The van der Waals surface area contributed by atoms with Crippen LogP contribution in [0.25, 0.3) is 0 Å². The van der Waals surface area contributed by atoms with Crippen LogP contribution in [0, 0.1) is 0 Å². The summed E-state index contributed by atoms with van der Waals surface area (Å²) in [6.07, 6.45) is 21.9. The lowest BCUT2D eigenvalue weighted by Gasteiger charge is -2.20. The topological polar surface area (TPSA) is 73.1 Å². The molecule has 146 valence electrons. The normalized spacial score (nSPS) is 14.5.